The SMILES string of the molecule is CNC(=O)CCNC(=O)c1cccc(C=CC(=O)O)c1C. The second kappa shape index (κ2) is 7.84. The number of carbonyl (C=O) groups excluding carboxylic acids is 2. The molecule has 0 saturated heterocycles. The number of aliphatic carboxylic acids is 1. The first kappa shape index (κ1) is 16.4. The molecule has 0 aliphatic heterocycles. The van der Waals surface area contributed by atoms with E-state index in [9.17, 15) is 14.4 Å². The van der Waals surface area contributed by atoms with Crippen molar-refractivity contribution in [2.24, 2.45) is 0 Å². The first-order valence-electron chi connectivity index (χ1n) is 6.45. The molecule has 0 aromatic heterocycles. The number of carboxylic acids is 1. The van der Waals surface area contributed by atoms with Gasteiger partial charge in [-0.2, -0.15) is 0 Å². The van der Waals surface area contributed by atoms with E-state index < -0.39 is 5.97 Å². The number of rotatable bonds is 6. The molecule has 0 spiro atoms. The minimum Gasteiger partial charge on any atom is -0.478 e. The lowest BCUT2D eigenvalue weighted by Crippen LogP contribution is -2.29. The van der Waals surface area contributed by atoms with Gasteiger partial charge in [0.2, 0.25) is 5.91 Å². The molecular formula is C15H18N2O4. The molecule has 1 aromatic carbocycles. The third-order valence-corrected chi connectivity index (χ3v) is 2.94. The standard InChI is InChI=1S/C15H18N2O4/c1-10-11(6-7-14(19)20)4-3-5-12(10)15(21)17-9-8-13(18)16-2/h3-7H,8-9H2,1-2H3,(H,16,18)(H,17,21)(H,19,20). The molecule has 0 aliphatic carbocycles. The Hall–Kier alpha value is -2.63. The molecule has 1 aromatic rings. The van der Waals surface area contributed by atoms with Gasteiger partial charge in [-0.1, -0.05) is 12.1 Å². The average molecular weight is 290 g/mol. The highest BCUT2D eigenvalue weighted by Gasteiger charge is 2.10. The topological polar surface area (TPSA) is 95.5 Å². The molecule has 0 atom stereocenters. The molecule has 0 unspecified atom stereocenters. The van der Waals surface area contributed by atoms with E-state index >= 15 is 0 Å². The van der Waals surface area contributed by atoms with Gasteiger partial charge in [-0.25, -0.2) is 4.79 Å². The molecule has 3 N–H and O–H groups in total. The molecule has 0 radical (unpaired) electrons. The smallest absolute Gasteiger partial charge is 0.328 e. The number of carbonyl (C=O) groups is 3. The third-order valence-electron chi connectivity index (χ3n) is 2.94. The number of hydrogen-bond donors (Lipinski definition) is 3. The zero-order valence-electron chi connectivity index (χ0n) is 12.0. The van der Waals surface area contributed by atoms with Crippen molar-refractivity contribution in [3.63, 3.8) is 0 Å². The quantitative estimate of drug-likeness (QED) is 0.680. The van der Waals surface area contributed by atoms with Gasteiger partial charge in [-0.05, 0) is 30.2 Å². The van der Waals surface area contributed by atoms with Gasteiger partial charge in [0.15, 0.2) is 0 Å². The molecule has 0 saturated carbocycles. The number of nitrogens with one attached hydrogen (secondary N) is 2. The van der Waals surface area contributed by atoms with Gasteiger partial charge in [0.05, 0.1) is 0 Å². The Kier molecular flexibility index (Phi) is 6.13. The molecule has 0 bridgehead atoms. The molecular weight excluding hydrogens is 272 g/mol. The Morgan fingerprint density at radius 3 is 2.62 bits per heavy atom. The van der Waals surface area contributed by atoms with Crippen LogP contribution in [0.5, 0.6) is 0 Å². The summed E-state index contributed by atoms with van der Waals surface area (Å²) in [6.07, 6.45) is 2.68. The zero-order valence-corrected chi connectivity index (χ0v) is 12.0. The molecule has 0 heterocycles. The van der Waals surface area contributed by atoms with Crippen molar-refractivity contribution in [3.05, 3.63) is 41.0 Å². The molecule has 6 heteroatoms. The van der Waals surface area contributed by atoms with Gasteiger partial charge in [-0.3, -0.25) is 9.59 Å². The van der Waals surface area contributed by atoms with Crippen molar-refractivity contribution in [2.45, 2.75) is 13.3 Å². The van der Waals surface area contributed by atoms with Crippen LogP contribution in [-0.4, -0.2) is 36.5 Å². The van der Waals surface area contributed by atoms with Crippen molar-refractivity contribution < 1.29 is 19.5 Å². The second-order valence-electron chi connectivity index (χ2n) is 4.37. The van der Waals surface area contributed by atoms with E-state index in [1.165, 1.54) is 13.1 Å². The highest BCUT2D eigenvalue weighted by Crippen LogP contribution is 2.15. The molecule has 0 aliphatic rings. The highest BCUT2D eigenvalue weighted by molar-refractivity contribution is 5.97. The van der Waals surface area contributed by atoms with Gasteiger partial charge in [0, 0.05) is 31.7 Å². The normalized spacial score (nSPS) is 10.4. The second-order valence-corrected chi connectivity index (χ2v) is 4.37. The van der Waals surface area contributed by atoms with Crippen LogP contribution >= 0.6 is 0 Å². The van der Waals surface area contributed by atoms with Gasteiger partial charge in [-0.15, -0.1) is 0 Å². The summed E-state index contributed by atoms with van der Waals surface area (Å²) in [4.78, 5) is 33.6. The van der Waals surface area contributed by atoms with Crippen LogP contribution in [-0.2, 0) is 9.59 Å². The lowest BCUT2D eigenvalue weighted by Gasteiger charge is -2.09. The fourth-order valence-corrected chi connectivity index (χ4v) is 1.75. The van der Waals surface area contributed by atoms with Crippen molar-refractivity contribution in [1.29, 1.82) is 0 Å². The predicted octanol–water partition coefficient (Wildman–Crippen LogP) is 0.959. The van der Waals surface area contributed by atoms with Crippen LogP contribution in [0.25, 0.3) is 6.08 Å². The van der Waals surface area contributed by atoms with Crippen molar-refractivity contribution in [1.82, 2.24) is 10.6 Å². The third kappa shape index (κ3) is 5.10. The summed E-state index contributed by atoms with van der Waals surface area (Å²) < 4.78 is 0. The Bertz CT molecular complexity index is 579. The monoisotopic (exact) mass is 290 g/mol. The largest absolute Gasteiger partial charge is 0.478 e. The summed E-state index contributed by atoms with van der Waals surface area (Å²) in [5.41, 5.74) is 1.81. The van der Waals surface area contributed by atoms with Crippen LogP contribution < -0.4 is 10.6 Å². The van der Waals surface area contributed by atoms with Crippen molar-refractivity contribution in [2.75, 3.05) is 13.6 Å². The Balaban J connectivity index is 2.78. The number of carboxylic acid groups (broad SMARTS) is 1. The first-order valence-corrected chi connectivity index (χ1v) is 6.45. The Morgan fingerprint density at radius 1 is 1.29 bits per heavy atom. The minimum absolute atomic E-state index is 0.148. The summed E-state index contributed by atoms with van der Waals surface area (Å²) >= 11 is 0. The van der Waals surface area contributed by atoms with Crippen LogP contribution in [0.15, 0.2) is 24.3 Å². The van der Waals surface area contributed by atoms with E-state index in [1.54, 1.807) is 25.1 Å². The van der Waals surface area contributed by atoms with Crippen LogP contribution in [0.4, 0.5) is 0 Å². The molecule has 112 valence electrons. The van der Waals surface area contributed by atoms with Crippen LogP contribution in [0.2, 0.25) is 0 Å². The molecule has 0 fully saturated rings. The first-order chi connectivity index (χ1) is 9.95. The fraction of sp³-hybridized carbons (Fsp3) is 0.267. The minimum atomic E-state index is -1.05. The summed E-state index contributed by atoms with van der Waals surface area (Å²) in [7, 11) is 1.53. The van der Waals surface area contributed by atoms with Gasteiger partial charge < -0.3 is 15.7 Å². The van der Waals surface area contributed by atoms with E-state index in [-0.39, 0.29) is 24.8 Å². The van der Waals surface area contributed by atoms with E-state index in [2.05, 4.69) is 10.6 Å². The summed E-state index contributed by atoms with van der Waals surface area (Å²) in [6, 6.07) is 5.07. The number of amides is 2. The maximum absolute atomic E-state index is 12.0. The molecule has 21 heavy (non-hydrogen) atoms. The Morgan fingerprint density at radius 2 is 2.00 bits per heavy atom. The van der Waals surface area contributed by atoms with Crippen molar-refractivity contribution in [3.8, 4) is 0 Å². The molecule has 1 rings (SSSR count). The van der Waals surface area contributed by atoms with E-state index in [1.807, 2.05) is 0 Å². The predicted molar refractivity (Wildman–Crippen MR) is 78.9 cm³/mol. The number of hydrogen-bond acceptors (Lipinski definition) is 3. The average Bonchev–Trinajstić information content (AvgIpc) is 2.45. The zero-order chi connectivity index (χ0) is 15.8. The molecule has 6 nitrogen and oxygen atoms in total. The number of benzene rings is 1. The summed E-state index contributed by atoms with van der Waals surface area (Å²) in [5.74, 6) is -1.48. The Labute approximate surface area is 122 Å². The van der Waals surface area contributed by atoms with Crippen LogP contribution in [0.1, 0.15) is 27.9 Å². The van der Waals surface area contributed by atoms with Crippen molar-refractivity contribution >= 4 is 23.9 Å². The summed E-state index contributed by atoms with van der Waals surface area (Å²) in [6.45, 7) is 1.99. The van der Waals surface area contributed by atoms with Gasteiger partial charge in [0.1, 0.15) is 0 Å². The van der Waals surface area contributed by atoms with E-state index in [0.717, 1.165) is 6.08 Å². The lowest BCUT2D eigenvalue weighted by molar-refractivity contribution is -0.131. The maximum Gasteiger partial charge on any atom is 0.328 e. The lowest BCUT2D eigenvalue weighted by atomic mass is 10.0. The summed E-state index contributed by atoms with van der Waals surface area (Å²) in [5, 5.41) is 13.8. The van der Waals surface area contributed by atoms with Crippen LogP contribution in [0.3, 0.4) is 0 Å². The van der Waals surface area contributed by atoms with Gasteiger partial charge in [0.25, 0.3) is 5.91 Å². The maximum atomic E-state index is 12.0. The van der Waals surface area contributed by atoms with Crippen LogP contribution in [0, 0.1) is 6.92 Å². The molecule has 2 amide bonds. The highest BCUT2D eigenvalue weighted by atomic mass is 16.4. The van der Waals surface area contributed by atoms with Gasteiger partial charge >= 0.3 is 5.97 Å². The van der Waals surface area contributed by atoms with E-state index in [4.69, 9.17) is 5.11 Å². The fourth-order valence-electron chi connectivity index (χ4n) is 1.75. The van der Waals surface area contributed by atoms with E-state index in [0.29, 0.717) is 16.7 Å².